The van der Waals surface area contributed by atoms with Gasteiger partial charge in [-0.05, 0) is 77.0 Å². The van der Waals surface area contributed by atoms with Gasteiger partial charge in [-0.2, -0.15) is 0 Å². The van der Waals surface area contributed by atoms with Gasteiger partial charge in [0, 0.05) is 12.8 Å². The fraction of sp³-hybridized carbons (Fsp3) is 0.811. The van der Waals surface area contributed by atoms with Crippen molar-refractivity contribution in [3.8, 4) is 0 Å². The summed E-state index contributed by atoms with van der Waals surface area (Å²) in [5.74, 6) is -0.594. The van der Waals surface area contributed by atoms with Gasteiger partial charge in [-0.25, -0.2) is 0 Å². The molecule has 0 aromatic carbocycles. The van der Waals surface area contributed by atoms with E-state index in [0.29, 0.717) is 12.8 Å². The van der Waals surface area contributed by atoms with Crippen LogP contribution in [0.25, 0.3) is 0 Å². The van der Waals surface area contributed by atoms with E-state index in [1.165, 1.54) is 180 Å². The van der Waals surface area contributed by atoms with Gasteiger partial charge in [-0.15, -0.1) is 0 Å². The fourth-order valence-corrected chi connectivity index (χ4v) is 7.26. The SMILES string of the molecule is CCCCCCC/C=C\C/C=C\C/C=C\CCCCCCCCCCC(=O)OC(CO)COC(=O)CCCCCCCCCCC/C=C\CCCCCCCCCC. The van der Waals surface area contributed by atoms with Crippen molar-refractivity contribution in [1.82, 2.24) is 0 Å². The summed E-state index contributed by atoms with van der Waals surface area (Å²) in [5.41, 5.74) is 0. The molecule has 0 aliphatic heterocycles. The maximum absolute atomic E-state index is 12.3. The van der Waals surface area contributed by atoms with E-state index >= 15 is 0 Å². The molecule has 0 aliphatic rings. The van der Waals surface area contributed by atoms with Gasteiger partial charge in [0.05, 0.1) is 6.61 Å². The van der Waals surface area contributed by atoms with Gasteiger partial charge in [-0.3, -0.25) is 9.59 Å². The average molecular weight is 813 g/mol. The second-order valence-electron chi connectivity index (χ2n) is 16.9. The van der Waals surface area contributed by atoms with E-state index in [1.54, 1.807) is 0 Å². The van der Waals surface area contributed by atoms with Crippen LogP contribution >= 0.6 is 0 Å². The van der Waals surface area contributed by atoms with E-state index in [1.807, 2.05) is 0 Å². The molecule has 0 radical (unpaired) electrons. The van der Waals surface area contributed by atoms with Gasteiger partial charge in [0.2, 0.25) is 0 Å². The number of aliphatic hydroxyl groups excluding tert-OH is 1. The highest BCUT2D eigenvalue weighted by molar-refractivity contribution is 5.70. The van der Waals surface area contributed by atoms with Gasteiger partial charge in [0.1, 0.15) is 6.61 Å². The largest absolute Gasteiger partial charge is 0.462 e. The number of allylic oxidation sites excluding steroid dienone is 8. The van der Waals surface area contributed by atoms with Crippen molar-refractivity contribution in [2.24, 2.45) is 0 Å². The highest BCUT2D eigenvalue weighted by Crippen LogP contribution is 2.15. The predicted molar refractivity (Wildman–Crippen MR) is 251 cm³/mol. The first-order chi connectivity index (χ1) is 28.6. The Morgan fingerprint density at radius 2 is 0.690 bits per heavy atom. The van der Waals surface area contributed by atoms with Gasteiger partial charge in [0.25, 0.3) is 0 Å². The molecule has 58 heavy (non-hydrogen) atoms. The number of unbranched alkanes of at least 4 members (excludes halogenated alkanes) is 30. The Morgan fingerprint density at radius 3 is 1.05 bits per heavy atom. The molecule has 0 bridgehead atoms. The second kappa shape index (κ2) is 49.2. The molecule has 0 amide bonds. The van der Waals surface area contributed by atoms with Crippen molar-refractivity contribution in [3.63, 3.8) is 0 Å². The zero-order valence-corrected chi connectivity index (χ0v) is 38.6. The Morgan fingerprint density at radius 1 is 0.397 bits per heavy atom. The normalized spacial score (nSPS) is 12.5. The number of esters is 2. The molecule has 0 heterocycles. The maximum Gasteiger partial charge on any atom is 0.306 e. The third-order valence-electron chi connectivity index (χ3n) is 11.1. The lowest BCUT2D eigenvalue weighted by Gasteiger charge is -2.15. The van der Waals surface area contributed by atoms with Crippen LogP contribution in [0.15, 0.2) is 48.6 Å². The van der Waals surface area contributed by atoms with E-state index in [2.05, 4.69) is 62.5 Å². The molecule has 0 aromatic heterocycles. The quantitative estimate of drug-likeness (QED) is 0.0376. The minimum absolute atomic E-state index is 0.0693. The first kappa shape index (κ1) is 55.9. The molecule has 0 spiro atoms. The van der Waals surface area contributed by atoms with Crippen molar-refractivity contribution in [3.05, 3.63) is 48.6 Å². The molecule has 338 valence electrons. The molecule has 1 atom stereocenters. The Hall–Kier alpha value is -2.14. The Kier molecular flexibility index (Phi) is 47.4. The summed E-state index contributed by atoms with van der Waals surface area (Å²) in [7, 11) is 0. The molecule has 0 fully saturated rings. The van der Waals surface area contributed by atoms with Crippen LogP contribution in [0, 0.1) is 0 Å². The number of carbonyl (C=O) groups is 2. The zero-order chi connectivity index (χ0) is 42.1. The number of hydrogen-bond donors (Lipinski definition) is 1. The summed E-state index contributed by atoms with van der Waals surface area (Å²) >= 11 is 0. The van der Waals surface area contributed by atoms with E-state index in [0.717, 1.165) is 51.4 Å². The Bertz CT molecular complexity index is 966. The molecule has 1 N–H and O–H groups in total. The standard InChI is InChI=1S/C53H96O5/c1-3-5-7-9-11-13-15-17-19-21-23-25-26-28-30-32-34-36-38-40-42-44-46-48-53(56)58-51(49-54)50-57-52(55)47-45-43-41-39-37-35-33-31-29-27-24-22-20-18-16-14-12-10-8-6-4-2/h15,17,21-24,26,28,51,54H,3-14,16,18-20,25,27,29-50H2,1-2H3/b17-15-,23-21-,24-22-,28-26-. The van der Waals surface area contributed by atoms with Crippen LogP contribution in [-0.2, 0) is 19.1 Å². The number of rotatable bonds is 46. The summed E-state index contributed by atoms with van der Waals surface area (Å²) in [6, 6.07) is 0. The van der Waals surface area contributed by atoms with Crippen molar-refractivity contribution >= 4 is 11.9 Å². The summed E-state index contributed by atoms with van der Waals surface area (Å²) in [6.45, 7) is 4.14. The molecule has 0 aromatic rings. The van der Waals surface area contributed by atoms with Gasteiger partial charge < -0.3 is 14.6 Å². The summed E-state index contributed by atoms with van der Waals surface area (Å²) in [4.78, 5) is 24.4. The van der Waals surface area contributed by atoms with Gasteiger partial charge in [0.15, 0.2) is 6.10 Å². The van der Waals surface area contributed by atoms with Crippen molar-refractivity contribution in [2.45, 2.75) is 264 Å². The molecule has 1 unspecified atom stereocenters. The third-order valence-corrected chi connectivity index (χ3v) is 11.1. The Balaban J connectivity index is 3.52. The van der Waals surface area contributed by atoms with Crippen LogP contribution in [0.2, 0.25) is 0 Å². The lowest BCUT2D eigenvalue weighted by molar-refractivity contribution is -0.161. The van der Waals surface area contributed by atoms with Gasteiger partial charge >= 0.3 is 11.9 Å². The van der Waals surface area contributed by atoms with E-state index in [-0.39, 0.29) is 25.2 Å². The maximum atomic E-state index is 12.3. The molecule has 5 nitrogen and oxygen atoms in total. The minimum Gasteiger partial charge on any atom is -0.462 e. The highest BCUT2D eigenvalue weighted by Gasteiger charge is 2.16. The van der Waals surface area contributed by atoms with Crippen LogP contribution in [0.5, 0.6) is 0 Å². The van der Waals surface area contributed by atoms with Crippen molar-refractivity contribution < 1.29 is 24.2 Å². The second-order valence-corrected chi connectivity index (χ2v) is 16.9. The molecule has 5 heteroatoms. The number of hydrogen-bond acceptors (Lipinski definition) is 5. The number of carbonyl (C=O) groups excluding carboxylic acids is 2. The van der Waals surface area contributed by atoms with Crippen LogP contribution < -0.4 is 0 Å². The Labute approximate surface area is 360 Å². The van der Waals surface area contributed by atoms with E-state index < -0.39 is 6.10 Å². The first-order valence-corrected chi connectivity index (χ1v) is 25.2. The minimum atomic E-state index is -0.777. The van der Waals surface area contributed by atoms with Crippen LogP contribution in [-0.4, -0.2) is 36.4 Å². The smallest absolute Gasteiger partial charge is 0.306 e. The van der Waals surface area contributed by atoms with Crippen LogP contribution in [0.4, 0.5) is 0 Å². The molecular weight excluding hydrogens is 717 g/mol. The monoisotopic (exact) mass is 813 g/mol. The number of aliphatic hydroxyl groups is 1. The topological polar surface area (TPSA) is 72.8 Å². The van der Waals surface area contributed by atoms with Crippen LogP contribution in [0.1, 0.15) is 258 Å². The third kappa shape index (κ3) is 46.5. The molecule has 0 aliphatic carbocycles. The lowest BCUT2D eigenvalue weighted by Crippen LogP contribution is -2.28. The van der Waals surface area contributed by atoms with Crippen molar-refractivity contribution in [1.29, 1.82) is 0 Å². The van der Waals surface area contributed by atoms with Crippen molar-refractivity contribution in [2.75, 3.05) is 13.2 Å². The van der Waals surface area contributed by atoms with E-state index in [9.17, 15) is 14.7 Å². The molecular formula is C53H96O5. The van der Waals surface area contributed by atoms with Crippen LogP contribution in [0.3, 0.4) is 0 Å². The first-order valence-electron chi connectivity index (χ1n) is 25.2. The average Bonchev–Trinajstić information content (AvgIpc) is 3.23. The van der Waals surface area contributed by atoms with E-state index in [4.69, 9.17) is 9.47 Å². The molecule has 0 rings (SSSR count). The summed E-state index contributed by atoms with van der Waals surface area (Å²) in [6.07, 6.45) is 63.4. The zero-order valence-electron chi connectivity index (χ0n) is 38.6. The summed E-state index contributed by atoms with van der Waals surface area (Å²) in [5, 5.41) is 9.62. The highest BCUT2D eigenvalue weighted by atomic mass is 16.6. The fourth-order valence-electron chi connectivity index (χ4n) is 7.26. The molecule has 0 saturated carbocycles. The molecule has 0 saturated heterocycles. The summed E-state index contributed by atoms with van der Waals surface area (Å²) < 4.78 is 10.7. The predicted octanol–water partition coefficient (Wildman–Crippen LogP) is 16.5. The number of ether oxygens (including phenoxy) is 2. The van der Waals surface area contributed by atoms with Gasteiger partial charge in [-0.1, -0.05) is 217 Å². The lowest BCUT2D eigenvalue weighted by atomic mass is 10.1.